The third-order valence-electron chi connectivity index (χ3n) is 3.87. The number of benzene rings is 2. The molecule has 126 valence electrons. The van der Waals surface area contributed by atoms with Crippen molar-refractivity contribution in [3.05, 3.63) is 69.6 Å². The fraction of sp³-hybridized carbons (Fsp3) is 0.150. The SMILES string of the molecule is CC(=O)c1ccc(/C=C2\SC(=S)N(c3cc(C)cc(C)c3)C2=O)cc1. The van der Waals surface area contributed by atoms with Crippen LogP contribution in [0.15, 0.2) is 47.4 Å². The maximum Gasteiger partial charge on any atom is 0.270 e. The topological polar surface area (TPSA) is 37.4 Å². The third-order valence-corrected chi connectivity index (χ3v) is 5.18. The van der Waals surface area contributed by atoms with Gasteiger partial charge in [0.1, 0.15) is 0 Å². The van der Waals surface area contributed by atoms with Crippen LogP contribution in [0.1, 0.15) is 34.0 Å². The van der Waals surface area contributed by atoms with Gasteiger partial charge in [0.25, 0.3) is 5.91 Å². The summed E-state index contributed by atoms with van der Waals surface area (Å²) in [6, 6.07) is 13.2. The Bertz CT molecular complexity index is 894. The van der Waals surface area contributed by atoms with Crippen molar-refractivity contribution in [1.82, 2.24) is 0 Å². The summed E-state index contributed by atoms with van der Waals surface area (Å²) >= 11 is 6.71. The predicted octanol–water partition coefficient (Wildman–Crippen LogP) is 4.91. The van der Waals surface area contributed by atoms with Crippen molar-refractivity contribution in [2.75, 3.05) is 4.90 Å². The summed E-state index contributed by atoms with van der Waals surface area (Å²) in [6.45, 7) is 5.53. The summed E-state index contributed by atoms with van der Waals surface area (Å²) in [5, 5.41) is 0. The van der Waals surface area contributed by atoms with Gasteiger partial charge in [0.15, 0.2) is 10.1 Å². The molecule has 0 N–H and O–H groups in total. The lowest BCUT2D eigenvalue weighted by molar-refractivity contribution is -0.113. The Morgan fingerprint density at radius 2 is 1.68 bits per heavy atom. The van der Waals surface area contributed by atoms with Crippen LogP contribution in [0.3, 0.4) is 0 Å². The van der Waals surface area contributed by atoms with Crippen molar-refractivity contribution in [2.24, 2.45) is 0 Å². The fourth-order valence-corrected chi connectivity index (χ4v) is 4.03. The number of aryl methyl sites for hydroxylation is 2. The zero-order valence-electron chi connectivity index (χ0n) is 14.2. The number of Topliss-reactive ketones (excluding diaryl/α,β-unsaturated/α-hetero) is 1. The highest BCUT2D eigenvalue weighted by Gasteiger charge is 2.33. The van der Waals surface area contributed by atoms with Gasteiger partial charge in [0.2, 0.25) is 0 Å². The van der Waals surface area contributed by atoms with Crippen molar-refractivity contribution >= 4 is 51.8 Å². The van der Waals surface area contributed by atoms with Crippen molar-refractivity contribution in [3.63, 3.8) is 0 Å². The Kier molecular flexibility index (Phi) is 4.88. The highest BCUT2D eigenvalue weighted by atomic mass is 32.2. The van der Waals surface area contributed by atoms with E-state index in [0.717, 1.165) is 22.4 Å². The molecule has 2 aromatic carbocycles. The first-order valence-corrected chi connectivity index (χ1v) is 9.05. The normalized spacial score (nSPS) is 16.0. The van der Waals surface area contributed by atoms with Crippen LogP contribution in [0.5, 0.6) is 0 Å². The van der Waals surface area contributed by atoms with Gasteiger partial charge in [-0.05, 0) is 55.7 Å². The minimum atomic E-state index is -0.115. The van der Waals surface area contributed by atoms with Gasteiger partial charge < -0.3 is 0 Å². The lowest BCUT2D eigenvalue weighted by atomic mass is 10.1. The van der Waals surface area contributed by atoms with Crippen molar-refractivity contribution in [2.45, 2.75) is 20.8 Å². The van der Waals surface area contributed by atoms with Crippen molar-refractivity contribution < 1.29 is 9.59 Å². The van der Waals surface area contributed by atoms with E-state index in [-0.39, 0.29) is 11.7 Å². The summed E-state index contributed by atoms with van der Waals surface area (Å²) in [5.41, 5.74) is 4.50. The highest BCUT2D eigenvalue weighted by Crippen LogP contribution is 2.36. The Morgan fingerprint density at radius 1 is 1.08 bits per heavy atom. The number of carbonyl (C=O) groups excluding carboxylic acids is 2. The lowest BCUT2D eigenvalue weighted by Gasteiger charge is -2.16. The van der Waals surface area contributed by atoms with Gasteiger partial charge in [-0.25, -0.2) is 0 Å². The number of carbonyl (C=O) groups is 2. The van der Waals surface area contributed by atoms with Gasteiger partial charge in [-0.3, -0.25) is 14.5 Å². The molecule has 25 heavy (non-hydrogen) atoms. The van der Waals surface area contributed by atoms with Gasteiger partial charge in [0, 0.05) is 5.56 Å². The third kappa shape index (κ3) is 3.72. The van der Waals surface area contributed by atoms with E-state index >= 15 is 0 Å². The Morgan fingerprint density at radius 3 is 2.24 bits per heavy atom. The molecule has 0 bridgehead atoms. The van der Waals surface area contributed by atoms with Crippen LogP contribution in [0.4, 0.5) is 5.69 Å². The summed E-state index contributed by atoms with van der Waals surface area (Å²) in [4.78, 5) is 26.3. The van der Waals surface area contributed by atoms with Crippen LogP contribution in [0.2, 0.25) is 0 Å². The molecule has 1 amide bonds. The first-order valence-electron chi connectivity index (χ1n) is 7.82. The second kappa shape index (κ2) is 6.94. The van der Waals surface area contributed by atoms with E-state index in [1.54, 1.807) is 17.0 Å². The molecule has 0 saturated carbocycles. The van der Waals surface area contributed by atoms with Crippen LogP contribution < -0.4 is 4.90 Å². The Labute approximate surface area is 156 Å². The minimum Gasteiger partial charge on any atom is -0.295 e. The van der Waals surface area contributed by atoms with Crippen molar-refractivity contribution in [1.29, 1.82) is 0 Å². The number of amides is 1. The summed E-state index contributed by atoms with van der Waals surface area (Å²) in [7, 11) is 0. The highest BCUT2D eigenvalue weighted by molar-refractivity contribution is 8.27. The molecule has 1 saturated heterocycles. The molecular formula is C20H17NO2S2. The fourth-order valence-electron chi connectivity index (χ4n) is 2.74. The van der Waals surface area contributed by atoms with Crippen LogP contribution in [-0.4, -0.2) is 16.0 Å². The maximum absolute atomic E-state index is 12.8. The standard InChI is InChI=1S/C20H17NO2S2/c1-12-8-13(2)10-17(9-12)21-19(23)18(25-20(21)24)11-15-4-6-16(7-5-15)14(3)22/h4-11H,1-3H3/b18-11-. The van der Waals surface area contributed by atoms with Crippen LogP contribution in [0, 0.1) is 13.8 Å². The number of rotatable bonds is 3. The number of hydrogen-bond donors (Lipinski definition) is 0. The van der Waals surface area contributed by atoms with Gasteiger partial charge in [-0.15, -0.1) is 0 Å². The molecule has 1 heterocycles. The Balaban J connectivity index is 1.91. The van der Waals surface area contributed by atoms with E-state index in [1.165, 1.54) is 18.7 Å². The first kappa shape index (κ1) is 17.6. The molecular weight excluding hydrogens is 350 g/mol. The van der Waals surface area contributed by atoms with E-state index < -0.39 is 0 Å². The molecule has 1 aliphatic rings. The smallest absolute Gasteiger partial charge is 0.270 e. The molecule has 0 aliphatic carbocycles. The van der Waals surface area contributed by atoms with E-state index in [1.807, 2.05) is 44.2 Å². The van der Waals surface area contributed by atoms with Gasteiger partial charge in [-0.2, -0.15) is 0 Å². The molecule has 2 aromatic rings. The number of anilines is 1. The molecule has 1 fully saturated rings. The van der Waals surface area contributed by atoms with E-state index in [4.69, 9.17) is 12.2 Å². The average molecular weight is 367 g/mol. The van der Waals surface area contributed by atoms with Crippen molar-refractivity contribution in [3.8, 4) is 0 Å². The predicted molar refractivity (Wildman–Crippen MR) is 108 cm³/mol. The second-order valence-electron chi connectivity index (χ2n) is 6.04. The minimum absolute atomic E-state index is 0.0210. The molecule has 0 unspecified atom stereocenters. The molecule has 0 atom stereocenters. The monoisotopic (exact) mass is 367 g/mol. The molecule has 3 nitrogen and oxygen atoms in total. The molecule has 0 radical (unpaired) electrons. The molecule has 1 aliphatic heterocycles. The van der Waals surface area contributed by atoms with Gasteiger partial charge in [0.05, 0.1) is 10.6 Å². The Hall–Kier alpha value is -2.24. The van der Waals surface area contributed by atoms with Gasteiger partial charge >= 0.3 is 0 Å². The van der Waals surface area contributed by atoms with Crippen LogP contribution in [0.25, 0.3) is 6.08 Å². The lowest BCUT2D eigenvalue weighted by Crippen LogP contribution is -2.27. The zero-order chi connectivity index (χ0) is 18.1. The van der Waals surface area contributed by atoms with Crippen LogP contribution in [-0.2, 0) is 4.79 Å². The number of hydrogen-bond acceptors (Lipinski definition) is 4. The largest absolute Gasteiger partial charge is 0.295 e. The quantitative estimate of drug-likeness (QED) is 0.439. The van der Waals surface area contributed by atoms with Gasteiger partial charge in [-0.1, -0.05) is 54.3 Å². The number of thiocarbonyl (C=S) groups is 1. The van der Waals surface area contributed by atoms with E-state index in [9.17, 15) is 9.59 Å². The number of thioether (sulfide) groups is 1. The average Bonchev–Trinajstić information content (AvgIpc) is 2.81. The first-order chi connectivity index (χ1) is 11.8. The number of ketones is 1. The van der Waals surface area contributed by atoms with E-state index in [0.29, 0.717) is 14.8 Å². The summed E-state index contributed by atoms with van der Waals surface area (Å²) in [5.74, 6) is -0.0941. The van der Waals surface area contributed by atoms with E-state index in [2.05, 4.69) is 6.07 Å². The number of nitrogens with zero attached hydrogens (tertiary/aromatic N) is 1. The maximum atomic E-state index is 12.8. The summed E-state index contributed by atoms with van der Waals surface area (Å²) in [6.07, 6.45) is 1.81. The molecule has 5 heteroatoms. The summed E-state index contributed by atoms with van der Waals surface area (Å²) < 4.78 is 0.529. The second-order valence-corrected chi connectivity index (χ2v) is 7.72. The van der Waals surface area contributed by atoms with Crippen LogP contribution >= 0.6 is 24.0 Å². The molecule has 0 spiro atoms. The molecule has 3 rings (SSSR count). The molecule has 0 aromatic heterocycles. The zero-order valence-corrected chi connectivity index (χ0v) is 15.8.